The number of amides is 4. The maximum atomic E-state index is 13.4. The first-order valence-corrected chi connectivity index (χ1v) is 11.8. The maximum absolute atomic E-state index is 13.4. The van der Waals surface area contributed by atoms with Crippen molar-refractivity contribution >= 4 is 58.0 Å². The molecule has 2 N–H and O–H groups in total. The highest BCUT2D eigenvalue weighted by Crippen LogP contribution is 2.32. The number of halogens is 1. The fourth-order valence-corrected chi connectivity index (χ4v) is 4.21. The number of ether oxygens (including phenoxy) is 1. The molecule has 38 heavy (non-hydrogen) atoms. The van der Waals surface area contributed by atoms with Crippen molar-refractivity contribution in [3.63, 3.8) is 0 Å². The van der Waals surface area contributed by atoms with Gasteiger partial charge in [-0.1, -0.05) is 54.1 Å². The number of urea groups is 1. The standard InChI is InChI=1S/C29H19ClN2O6/c30-20-10-5-17(6-11-20)16-38-25-14-9-18-3-1-2-4-22(18)23(25)15-24-26(33)31-29(37)32(27(24)34)21-12-7-19(8-13-21)28(35)36/h1-15H,16H2,(H,35,36)(H,31,33,37)/b24-15+. The summed E-state index contributed by atoms with van der Waals surface area (Å²) in [5, 5.41) is 13.5. The summed E-state index contributed by atoms with van der Waals surface area (Å²) in [6, 6.07) is 22.5. The van der Waals surface area contributed by atoms with Crippen molar-refractivity contribution < 1.29 is 29.0 Å². The minimum Gasteiger partial charge on any atom is -0.488 e. The summed E-state index contributed by atoms with van der Waals surface area (Å²) in [7, 11) is 0. The largest absolute Gasteiger partial charge is 0.488 e. The molecule has 8 nitrogen and oxygen atoms in total. The second-order valence-corrected chi connectivity index (χ2v) is 8.86. The molecule has 0 saturated carbocycles. The number of carboxylic acids is 1. The van der Waals surface area contributed by atoms with Gasteiger partial charge in [-0.05, 0) is 64.9 Å². The van der Waals surface area contributed by atoms with E-state index in [1.54, 1.807) is 18.2 Å². The van der Waals surface area contributed by atoms with E-state index in [9.17, 15) is 19.2 Å². The Balaban J connectivity index is 1.55. The quantitative estimate of drug-likeness (QED) is 0.255. The van der Waals surface area contributed by atoms with Gasteiger partial charge in [0.1, 0.15) is 17.9 Å². The fourth-order valence-electron chi connectivity index (χ4n) is 4.08. The normalized spacial score (nSPS) is 14.6. The van der Waals surface area contributed by atoms with E-state index in [2.05, 4.69) is 5.32 Å². The number of anilines is 1. The molecule has 188 valence electrons. The molecule has 4 amide bonds. The number of carbonyl (C=O) groups excluding carboxylic acids is 3. The van der Waals surface area contributed by atoms with Crippen molar-refractivity contribution in [2.45, 2.75) is 6.61 Å². The number of hydrogen-bond acceptors (Lipinski definition) is 5. The number of benzene rings is 4. The van der Waals surface area contributed by atoms with Crippen molar-refractivity contribution in [2.75, 3.05) is 4.90 Å². The lowest BCUT2D eigenvalue weighted by atomic mass is 9.99. The van der Waals surface area contributed by atoms with Crippen LogP contribution in [0.3, 0.4) is 0 Å². The zero-order valence-electron chi connectivity index (χ0n) is 19.7. The molecule has 0 spiro atoms. The second kappa shape index (κ2) is 10.2. The van der Waals surface area contributed by atoms with Crippen molar-refractivity contribution in [1.82, 2.24) is 5.32 Å². The van der Waals surface area contributed by atoms with Crippen LogP contribution in [0.1, 0.15) is 21.5 Å². The van der Waals surface area contributed by atoms with E-state index in [1.807, 2.05) is 42.5 Å². The minimum absolute atomic E-state index is 0.0105. The smallest absolute Gasteiger partial charge is 0.335 e. The molecule has 0 atom stereocenters. The first kappa shape index (κ1) is 24.7. The molecule has 1 saturated heterocycles. The van der Waals surface area contributed by atoms with Crippen LogP contribution in [0.2, 0.25) is 5.02 Å². The number of barbiturate groups is 1. The number of aromatic carboxylic acids is 1. The Labute approximate surface area is 221 Å². The SMILES string of the molecule is O=C1NC(=O)N(c2ccc(C(=O)O)cc2)C(=O)/C1=C/c1c(OCc2ccc(Cl)cc2)ccc2ccccc12. The van der Waals surface area contributed by atoms with Crippen LogP contribution < -0.4 is 15.0 Å². The van der Waals surface area contributed by atoms with Gasteiger partial charge in [0, 0.05) is 10.6 Å². The highest BCUT2D eigenvalue weighted by Gasteiger charge is 2.37. The van der Waals surface area contributed by atoms with Gasteiger partial charge >= 0.3 is 12.0 Å². The highest BCUT2D eigenvalue weighted by molar-refractivity contribution is 6.39. The Morgan fingerprint density at radius 1 is 0.921 bits per heavy atom. The lowest BCUT2D eigenvalue weighted by molar-refractivity contribution is -0.122. The van der Waals surface area contributed by atoms with Gasteiger partial charge in [0.15, 0.2) is 0 Å². The summed E-state index contributed by atoms with van der Waals surface area (Å²) >= 11 is 5.97. The van der Waals surface area contributed by atoms with Gasteiger partial charge in [0.25, 0.3) is 11.8 Å². The van der Waals surface area contributed by atoms with E-state index >= 15 is 0 Å². The molecule has 4 aromatic rings. The zero-order chi connectivity index (χ0) is 26.8. The molecule has 5 rings (SSSR count). The number of imide groups is 2. The topological polar surface area (TPSA) is 113 Å². The average molecular weight is 527 g/mol. The van der Waals surface area contributed by atoms with Gasteiger partial charge in [-0.2, -0.15) is 0 Å². The molecule has 1 fully saturated rings. The molecule has 0 bridgehead atoms. The van der Waals surface area contributed by atoms with E-state index in [-0.39, 0.29) is 23.4 Å². The van der Waals surface area contributed by atoms with Crippen molar-refractivity contribution in [3.05, 3.63) is 112 Å². The predicted octanol–water partition coefficient (Wildman–Crippen LogP) is 5.44. The van der Waals surface area contributed by atoms with E-state index in [4.69, 9.17) is 21.4 Å². The number of nitrogens with one attached hydrogen (secondary N) is 1. The number of fused-ring (bicyclic) bond motifs is 1. The Bertz CT molecular complexity index is 1630. The van der Waals surface area contributed by atoms with Crippen molar-refractivity contribution in [2.24, 2.45) is 0 Å². The third-order valence-electron chi connectivity index (χ3n) is 6.00. The third-order valence-corrected chi connectivity index (χ3v) is 6.25. The predicted molar refractivity (Wildman–Crippen MR) is 142 cm³/mol. The van der Waals surface area contributed by atoms with Crippen LogP contribution in [0, 0.1) is 0 Å². The second-order valence-electron chi connectivity index (χ2n) is 8.42. The summed E-state index contributed by atoms with van der Waals surface area (Å²) in [5.74, 6) is -2.42. The molecule has 9 heteroatoms. The molecule has 1 heterocycles. The Kier molecular flexibility index (Phi) is 6.64. The molecule has 1 aliphatic rings. The molecule has 0 radical (unpaired) electrons. The van der Waals surface area contributed by atoms with Crippen molar-refractivity contribution in [3.8, 4) is 5.75 Å². The van der Waals surface area contributed by atoms with Gasteiger partial charge in [0.05, 0.1) is 11.3 Å². The van der Waals surface area contributed by atoms with Gasteiger partial charge in [-0.25, -0.2) is 14.5 Å². The van der Waals surface area contributed by atoms with Crippen LogP contribution in [0.15, 0.2) is 90.5 Å². The maximum Gasteiger partial charge on any atom is 0.335 e. The highest BCUT2D eigenvalue weighted by atomic mass is 35.5. The minimum atomic E-state index is -1.15. The summed E-state index contributed by atoms with van der Waals surface area (Å²) in [6.45, 7) is 0.215. The Hall–Kier alpha value is -4.95. The van der Waals surface area contributed by atoms with Crippen molar-refractivity contribution in [1.29, 1.82) is 0 Å². The van der Waals surface area contributed by atoms with Gasteiger partial charge in [-0.15, -0.1) is 0 Å². The van der Waals surface area contributed by atoms with Crippen LogP contribution in [0.4, 0.5) is 10.5 Å². The Morgan fingerprint density at radius 2 is 1.63 bits per heavy atom. The van der Waals surface area contributed by atoms with E-state index in [0.29, 0.717) is 16.3 Å². The van der Waals surface area contributed by atoms with Crippen LogP contribution in [-0.2, 0) is 16.2 Å². The Morgan fingerprint density at radius 3 is 2.34 bits per heavy atom. The lowest BCUT2D eigenvalue weighted by Crippen LogP contribution is -2.54. The van der Waals surface area contributed by atoms with Gasteiger partial charge in [-0.3, -0.25) is 14.9 Å². The monoisotopic (exact) mass is 526 g/mol. The summed E-state index contributed by atoms with van der Waals surface area (Å²) in [4.78, 5) is 50.8. The summed E-state index contributed by atoms with van der Waals surface area (Å²) < 4.78 is 6.08. The van der Waals surface area contributed by atoms with Gasteiger partial charge in [0.2, 0.25) is 0 Å². The van der Waals surface area contributed by atoms with E-state index < -0.39 is 23.8 Å². The molecule has 1 aliphatic heterocycles. The third kappa shape index (κ3) is 4.85. The molecule has 0 aliphatic carbocycles. The molecule has 0 aromatic heterocycles. The zero-order valence-corrected chi connectivity index (χ0v) is 20.4. The molecular formula is C29H19ClN2O6. The fraction of sp³-hybridized carbons (Fsp3) is 0.0345. The number of hydrogen-bond donors (Lipinski definition) is 2. The first-order valence-electron chi connectivity index (χ1n) is 11.5. The average Bonchev–Trinajstić information content (AvgIpc) is 2.91. The van der Waals surface area contributed by atoms with E-state index in [1.165, 1.54) is 30.3 Å². The van der Waals surface area contributed by atoms with Crippen LogP contribution in [0.25, 0.3) is 16.8 Å². The summed E-state index contributed by atoms with van der Waals surface area (Å²) in [5.41, 5.74) is 1.19. The van der Waals surface area contributed by atoms with Crippen LogP contribution >= 0.6 is 11.6 Å². The number of nitrogens with zero attached hydrogens (tertiary/aromatic N) is 1. The number of rotatable bonds is 6. The first-order chi connectivity index (χ1) is 18.3. The van der Waals surface area contributed by atoms with Crippen LogP contribution in [0.5, 0.6) is 5.75 Å². The lowest BCUT2D eigenvalue weighted by Gasteiger charge is -2.26. The van der Waals surface area contributed by atoms with Gasteiger partial charge < -0.3 is 9.84 Å². The van der Waals surface area contributed by atoms with Crippen LogP contribution in [-0.4, -0.2) is 28.9 Å². The number of carboxylic acid groups (broad SMARTS) is 1. The van der Waals surface area contributed by atoms with E-state index in [0.717, 1.165) is 21.2 Å². The number of carbonyl (C=O) groups is 4. The molecule has 4 aromatic carbocycles. The summed E-state index contributed by atoms with van der Waals surface area (Å²) in [6.07, 6.45) is 1.41. The molecular weight excluding hydrogens is 508 g/mol. The molecule has 0 unspecified atom stereocenters.